The van der Waals surface area contributed by atoms with Crippen molar-refractivity contribution in [2.45, 2.75) is 20.3 Å². The summed E-state index contributed by atoms with van der Waals surface area (Å²) in [6, 6.07) is 0. The van der Waals surface area contributed by atoms with Crippen LogP contribution in [0.25, 0.3) is 0 Å². The molecule has 0 saturated heterocycles. The van der Waals surface area contributed by atoms with Crippen LogP contribution in [-0.4, -0.2) is 0 Å². The van der Waals surface area contributed by atoms with Crippen LogP contribution < -0.4 is 0 Å². The van der Waals surface area contributed by atoms with Crippen molar-refractivity contribution < 1.29 is 0 Å². The fourth-order valence-corrected chi connectivity index (χ4v) is 1.74. The lowest BCUT2D eigenvalue weighted by Gasteiger charge is -1.91. The molecule has 0 radical (unpaired) electrons. The Morgan fingerprint density at radius 3 is 2.00 bits per heavy atom. The highest BCUT2D eigenvalue weighted by molar-refractivity contribution is 5.15. The molecule has 0 N–H and O–H groups in total. The molecule has 50 valence electrons. The molecule has 0 nitrogen and oxygen atoms in total. The lowest BCUT2D eigenvalue weighted by Crippen LogP contribution is -1.82. The van der Waals surface area contributed by atoms with Crippen molar-refractivity contribution in [2.24, 2.45) is 23.7 Å². The summed E-state index contributed by atoms with van der Waals surface area (Å²) in [6.45, 7) is 4.75. The van der Waals surface area contributed by atoms with Crippen LogP contribution in [0.1, 0.15) is 20.3 Å². The maximum atomic E-state index is 2.37. The van der Waals surface area contributed by atoms with Gasteiger partial charge in [-0.3, -0.25) is 0 Å². The van der Waals surface area contributed by atoms with Gasteiger partial charge in [-0.2, -0.15) is 0 Å². The van der Waals surface area contributed by atoms with Crippen molar-refractivity contribution in [3.05, 3.63) is 12.2 Å². The average molecular weight is 122 g/mol. The Labute approximate surface area is 57.0 Å². The first kappa shape index (κ1) is 5.52. The Bertz CT molecular complexity index is 132. The Hall–Kier alpha value is -0.260. The smallest absolute Gasteiger partial charge is 0.00502 e. The zero-order valence-electron chi connectivity index (χ0n) is 6.17. The van der Waals surface area contributed by atoms with Crippen LogP contribution in [0.2, 0.25) is 0 Å². The molecule has 1 saturated carbocycles. The molecule has 0 aromatic carbocycles. The third kappa shape index (κ3) is 0.910. The summed E-state index contributed by atoms with van der Waals surface area (Å²) in [5, 5.41) is 0. The Kier molecular flexibility index (Phi) is 0.992. The van der Waals surface area contributed by atoms with Gasteiger partial charge >= 0.3 is 0 Å². The van der Waals surface area contributed by atoms with Gasteiger partial charge in [0.1, 0.15) is 0 Å². The molecule has 0 bridgehead atoms. The van der Waals surface area contributed by atoms with E-state index in [1.54, 1.807) is 0 Å². The molecule has 0 heterocycles. The molecule has 0 aliphatic heterocycles. The second-order valence-electron chi connectivity index (χ2n) is 3.67. The topological polar surface area (TPSA) is 0 Å². The molecular formula is C9H14. The van der Waals surface area contributed by atoms with E-state index < -0.39 is 0 Å². The average Bonchev–Trinajstić information content (AvgIpc) is 2.69. The SMILES string of the molecule is CC1C(C)C1CC1C=C1. The van der Waals surface area contributed by atoms with Crippen molar-refractivity contribution in [3.63, 3.8) is 0 Å². The predicted molar refractivity (Wildman–Crippen MR) is 39.1 cm³/mol. The molecule has 2 aliphatic rings. The van der Waals surface area contributed by atoms with E-state index in [2.05, 4.69) is 26.0 Å². The Morgan fingerprint density at radius 2 is 1.67 bits per heavy atom. The van der Waals surface area contributed by atoms with Gasteiger partial charge in [0.05, 0.1) is 0 Å². The zero-order chi connectivity index (χ0) is 6.43. The Morgan fingerprint density at radius 1 is 1.11 bits per heavy atom. The molecule has 2 rings (SSSR count). The van der Waals surface area contributed by atoms with Crippen LogP contribution in [0.3, 0.4) is 0 Å². The van der Waals surface area contributed by atoms with Crippen LogP contribution in [0, 0.1) is 23.7 Å². The number of rotatable bonds is 2. The van der Waals surface area contributed by atoms with E-state index >= 15 is 0 Å². The third-order valence-electron chi connectivity index (χ3n) is 3.05. The fraction of sp³-hybridized carbons (Fsp3) is 0.778. The predicted octanol–water partition coefficient (Wildman–Crippen LogP) is 2.46. The Balaban J connectivity index is 1.76. The molecule has 9 heavy (non-hydrogen) atoms. The van der Waals surface area contributed by atoms with Gasteiger partial charge in [-0.1, -0.05) is 26.0 Å². The van der Waals surface area contributed by atoms with Crippen LogP contribution in [0.15, 0.2) is 12.2 Å². The molecule has 1 fully saturated rings. The molecule has 2 aliphatic carbocycles. The van der Waals surface area contributed by atoms with Crippen LogP contribution in [0.5, 0.6) is 0 Å². The first-order valence-electron chi connectivity index (χ1n) is 3.97. The summed E-state index contributed by atoms with van der Waals surface area (Å²) in [5.41, 5.74) is 0. The highest BCUT2D eigenvalue weighted by atomic mass is 14.5. The van der Waals surface area contributed by atoms with E-state index in [0.717, 1.165) is 23.7 Å². The largest absolute Gasteiger partial charge is 0.0810 e. The minimum atomic E-state index is 0.905. The molecule has 2 atom stereocenters. The highest BCUT2D eigenvalue weighted by Gasteiger charge is 2.43. The van der Waals surface area contributed by atoms with E-state index in [4.69, 9.17) is 0 Å². The van der Waals surface area contributed by atoms with E-state index in [1.807, 2.05) is 0 Å². The van der Waals surface area contributed by atoms with Crippen molar-refractivity contribution in [1.29, 1.82) is 0 Å². The fourth-order valence-electron chi connectivity index (χ4n) is 1.74. The van der Waals surface area contributed by atoms with Crippen molar-refractivity contribution in [2.75, 3.05) is 0 Å². The first-order chi connectivity index (χ1) is 4.29. The quantitative estimate of drug-likeness (QED) is 0.493. The van der Waals surface area contributed by atoms with Gasteiger partial charge in [-0.05, 0) is 30.1 Å². The second kappa shape index (κ2) is 1.62. The summed E-state index contributed by atoms with van der Waals surface area (Å²) in [7, 11) is 0. The van der Waals surface area contributed by atoms with Gasteiger partial charge in [0.2, 0.25) is 0 Å². The van der Waals surface area contributed by atoms with Crippen molar-refractivity contribution in [3.8, 4) is 0 Å². The van der Waals surface area contributed by atoms with Gasteiger partial charge in [0.15, 0.2) is 0 Å². The minimum Gasteiger partial charge on any atom is -0.0810 e. The van der Waals surface area contributed by atoms with Gasteiger partial charge < -0.3 is 0 Å². The zero-order valence-corrected chi connectivity index (χ0v) is 6.17. The third-order valence-corrected chi connectivity index (χ3v) is 3.05. The first-order valence-corrected chi connectivity index (χ1v) is 3.97. The van der Waals surface area contributed by atoms with Crippen LogP contribution in [0.4, 0.5) is 0 Å². The maximum Gasteiger partial charge on any atom is -0.00502 e. The normalized spacial score (nSPS) is 47.6. The van der Waals surface area contributed by atoms with Crippen molar-refractivity contribution in [1.82, 2.24) is 0 Å². The van der Waals surface area contributed by atoms with E-state index in [0.29, 0.717) is 0 Å². The summed E-state index contributed by atoms with van der Waals surface area (Å²) in [5.74, 6) is 4.01. The minimum absolute atomic E-state index is 0.905. The molecule has 0 amide bonds. The maximum absolute atomic E-state index is 2.37. The molecule has 0 aromatic heterocycles. The number of allylic oxidation sites excluding steroid dienone is 2. The standard InChI is InChI=1S/C9H14/c1-6-7(2)9(6)5-8-3-4-8/h3-4,6-9H,5H2,1-2H3. The van der Waals surface area contributed by atoms with Gasteiger partial charge in [0, 0.05) is 0 Å². The van der Waals surface area contributed by atoms with Gasteiger partial charge in [0.25, 0.3) is 0 Å². The molecule has 0 heteroatoms. The number of hydrogen-bond donors (Lipinski definition) is 0. The van der Waals surface area contributed by atoms with Crippen LogP contribution >= 0.6 is 0 Å². The number of hydrogen-bond acceptors (Lipinski definition) is 0. The molecule has 0 aromatic rings. The van der Waals surface area contributed by atoms with Crippen LogP contribution in [-0.2, 0) is 0 Å². The summed E-state index contributed by atoms with van der Waals surface area (Å²) in [6.07, 6.45) is 6.08. The highest BCUT2D eigenvalue weighted by Crippen LogP contribution is 2.50. The van der Waals surface area contributed by atoms with E-state index in [9.17, 15) is 0 Å². The van der Waals surface area contributed by atoms with E-state index in [1.165, 1.54) is 6.42 Å². The molecular weight excluding hydrogens is 108 g/mol. The lowest BCUT2D eigenvalue weighted by molar-refractivity contribution is 0.627. The lowest BCUT2D eigenvalue weighted by atomic mass is 10.1. The second-order valence-corrected chi connectivity index (χ2v) is 3.67. The molecule has 2 unspecified atom stereocenters. The molecule has 0 spiro atoms. The summed E-state index contributed by atoms with van der Waals surface area (Å²) < 4.78 is 0. The van der Waals surface area contributed by atoms with E-state index in [-0.39, 0.29) is 0 Å². The monoisotopic (exact) mass is 122 g/mol. The van der Waals surface area contributed by atoms with Gasteiger partial charge in [-0.15, -0.1) is 0 Å². The summed E-state index contributed by atoms with van der Waals surface area (Å²) in [4.78, 5) is 0. The van der Waals surface area contributed by atoms with Gasteiger partial charge in [-0.25, -0.2) is 0 Å². The summed E-state index contributed by atoms with van der Waals surface area (Å²) >= 11 is 0. The van der Waals surface area contributed by atoms with Crippen molar-refractivity contribution >= 4 is 0 Å².